The van der Waals surface area contributed by atoms with Gasteiger partial charge in [-0.05, 0) is 25.3 Å². The molecule has 0 aromatic carbocycles. The van der Waals surface area contributed by atoms with Crippen molar-refractivity contribution < 1.29 is 9.53 Å². The van der Waals surface area contributed by atoms with Crippen molar-refractivity contribution in [2.75, 3.05) is 6.54 Å². The van der Waals surface area contributed by atoms with Gasteiger partial charge in [-0.3, -0.25) is 0 Å². The number of hydrogen-bond acceptors (Lipinski definition) is 4. The number of azide groups is 1. The number of rotatable bonds is 7. The molecule has 0 rings (SSSR count). The molecule has 0 fully saturated rings. The summed E-state index contributed by atoms with van der Waals surface area (Å²) >= 11 is 5.05. The summed E-state index contributed by atoms with van der Waals surface area (Å²) in [4.78, 5) is 13.2. The van der Waals surface area contributed by atoms with E-state index in [4.69, 9.17) is 27.1 Å². The zero-order chi connectivity index (χ0) is 12.4. The number of hydrogen-bond donors (Lipinski definition) is 0. The first-order valence-electron chi connectivity index (χ1n) is 4.84. The topological polar surface area (TPSA) is 98.8 Å². The number of ether oxygens (including phenoxy) is 1. The molecule has 0 heterocycles. The lowest BCUT2D eigenvalue weighted by Gasteiger charge is -2.19. The van der Waals surface area contributed by atoms with Crippen LogP contribution in [0.3, 0.4) is 0 Å². The standard InChI is InChI=1S/C9H13ClN4O2/c1-9(7-11,16-8(10)15)5-3-2-4-6-13-14-12/h2-6H2,1H3. The van der Waals surface area contributed by atoms with E-state index in [1.165, 1.54) is 6.92 Å². The minimum absolute atomic E-state index is 0.415. The Morgan fingerprint density at radius 3 is 2.81 bits per heavy atom. The molecule has 1 atom stereocenters. The maximum atomic E-state index is 10.5. The van der Waals surface area contributed by atoms with Crippen LogP contribution in [0.1, 0.15) is 32.6 Å². The summed E-state index contributed by atoms with van der Waals surface area (Å²) < 4.78 is 4.70. The number of nitrogens with zero attached hydrogens (tertiary/aromatic N) is 4. The molecule has 0 aliphatic rings. The van der Waals surface area contributed by atoms with Crippen LogP contribution >= 0.6 is 11.6 Å². The Hall–Kier alpha value is -1.44. The van der Waals surface area contributed by atoms with Gasteiger partial charge in [-0.1, -0.05) is 11.5 Å². The summed E-state index contributed by atoms with van der Waals surface area (Å²) in [7, 11) is 0. The van der Waals surface area contributed by atoms with Crippen LogP contribution in [0.25, 0.3) is 10.4 Å². The highest BCUT2D eigenvalue weighted by Gasteiger charge is 2.27. The fourth-order valence-corrected chi connectivity index (χ4v) is 1.34. The van der Waals surface area contributed by atoms with E-state index in [-0.39, 0.29) is 0 Å². The highest BCUT2D eigenvalue weighted by atomic mass is 35.5. The van der Waals surface area contributed by atoms with E-state index in [0.29, 0.717) is 19.4 Å². The largest absolute Gasteiger partial charge is 0.432 e. The molecule has 0 radical (unpaired) electrons. The van der Waals surface area contributed by atoms with Gasteiger partial charge in [0.2, 0.25) is 0 Å². The Morgan fingerprint density at radius 2 is 2.31 bits per heavy atom. The van der Waals surface area contributed by atoms with Crippen molar-refractivity contribution in [2.24, 2.45) is 5.11 Å². The van der Waals surface area contributed by atoms with E-state index in [0.717, 1.165) is 12.8 Å². The maximum absolute atomic E-state index is 10.5. The smallest absolute Gasteiger partial charge is 0.405 e. The lowest BCUT2D eigenvalue weighted by Crippen LogP contribution is -2.27. The van der Waals surface area contributed by atoms with Gasteiger partial charge in [-0.2, -0.15) is 5.26 Å². The molecule has 0 saturated carbocycles. The first kappa shape index (κ1) is 14.6. The normalized spacial score (nSPS) is 13.1. The molecular formula is C9H13ClN4O2. The van der Waals surface area contributed by atoms with Crippen molar-refractivity contribution in [2.45, 2.75) is 38.2 Å². The number of carbonyl (C=O) groups excluding carboxylic acids is 1. The Balaban J connectivity index is 3.83. The van der Waals surface area contributed by atoms with Crippen LogP contribution in [0.4, 0.5) is 4.79 Å². The lowest BCUT2D eigenvalue weighted by atomic mass is 10.00. The minimum atomic E-state index is -1.17. The minimum Gasteiger partial charge on any atom is -0.432 e. The van der Waals surface area contributed by atoms with Crippen molar-refractivity contribution in [3.63, 3.8) is 0 Å². The molecule has 0 N–H and O–H groups in total. The molecule has 1 unspecified atom stereocenters. The summed E-state index contributed by atoms with van der Waals surface area (Å²) in [5.74, 6) is 0. The molecule has 88 valence electrons. The second-order valence-corrected chi connectivity index (χ2v) is 3.76. The third-order valence-electron chi connectivity index (χ3n) is 2.02. The molecular weight excluding hydrogens is 232 g/mol. The van der Waals surface area contributed by atoms with Gasteiger partial charge in [0.05, 0.1) is 0 Å². The zero-order valence-electron chi connectivity index (χ0n) is 9.02. The highest BCUT2D eigenvalue weighted by Crippen LogP contribution is 2.19. The molecule has 0 aliphatic heterocycles. The van der Waals surface area contributed by atoms with Crippen LogP contribution < -0.4 is 0 Å². The van der Waals surface area contributed by atoms with Crippen LogP contribution in [0.15, 0.2) is 5.11 Å². The monoisotopic (exact) mass is 244 g/mol. The summed E-state index contributed by atoms with van der Waals surface area (Å²) in [5.41, 5.74) is 5.89. The van der Waals surface area contributed by atoms with Crippen molar-refractivity contribution >= 4 is 17.0 Å². The number of nitriles is 1. The van der Waals surface area contributed by atoms with Gasteiger partial charge in [0.25, 0.3) is 0 Å². The summed E-state index contributed by atoms with van der Waals surface area (Å²) in [5, 5.41) is 12.2. The third-order valence-corrected chi connectivity index (χ3v) is 2.09. The van der Waals surface area contributed by atoms with E-state index < -0.39 is 11.0 Å². The van der Waals surface area contributed by atoms with Gasteiger partial charge in [0.1, 0.15) is 6.07 Å². The molecule has 0 saturated heterocycles. The lowest BCUT2D eigenvalue weighted by molar-refractivity contribution is 0.0767. The first-order valence-corrected chi connectivity index (χ1v) is 5.22. The van der Waals surface area contributed by atoms with Crippen molar-refractivity contribution in [1.82, 2.24) is 0 Å². The Labute approximate surface area is 98.8 Å². The van der Waals surface area contributed by atoms with Gasteiger partial charge in [0, 0.05) is 29.5 Å². The predicted octanol–water partition coefficient (Wildman–Crippen LogP) is 3.51. The molecule has 7 heteroatoms. The number of carbonyl (C=O) groups is 1. The number of unbranched alkanes of at least 4 members (excludes halogenated alkanes) is 2. The molecule has 0 aromatic rings. The summed E-state index contributed by atoms with van der Waals surface area (Å²) in [6, 6.07) is 1.90. The van der Waals surface area contributed by atoms with Crippen LogP contribution in [0, 0.1) is 11.3 Å². The highest BCUT2D eigenvalue weighted by molar-refractivity contribution is 6.61. The van der Waals surface area contributed by atoms with Crippen LogP contribution in [-0.2, 0) is 4.74 Å². The van der Waals surface area contributed by atoms with Gasteiger partial charge >= 0.3 is 5.43 Å². The predicted molar refractivity (Wildman–Crippen MR) is 58.8 cm³/mol. The van der Waals surface area contributed by atoms with Gasteiger partial charge in [-0.25, -0.2) is 4.79 Å². The van der Waals surface area contributed by atoms with E-state index in [1.54, 1.807) is 0 Å². The van der Waals surface area contributed by atoms with Gasteiger partial charge in [0.15, 0.2) is 5.60 Å². The first-order chi connectivity index (χ1) is 7.54. The second kappa shape index (κ2) is 7.80. The van der Waals surface area contributed by atoms with Crippen molar-refractivity contribution in [1.29, 1.82) is 5.26 Å². The van der Waals surface area contributed by atoms with Crippen LogP contribution in [0.2, 0.25) is 0 Å². The molecule has 0 aliphatic carbocycles. The molecule has 0 spiro atoms. The zero-order valence-corrected chi connectivity index (χ0v) is 9.77. The van der Waals surface area contributed by atoms with E-state index in [2.05, 4.69) is 10.0 Å². The van der Waals surface area contributed by atoms with Gasteiger partial charge in [-0.15, -0.1) is 0 Å². The Kier molecular flexibility index (Phi) is 7.10. The molecule has 0 amide bonds. The van der Waals surface area contributed by atoms with E-state index >= 15 is 0 Å². The van der Waals surface area contributed by atoms with Gasteiger partial charge < -0.3 is 4.74 Å². The SMILES string of the molecule is CC(C#N)(CCCCCN=[N+]=[N-])OC(=O)Cl. The summed E-state index contributed by atoms with van der Waals surface area (Å²) in [6.45, 7) is 1.95. The molecule has 0 aromatic heterocycles. The second-order valence-electron chi connectivity index (χ2n) is 3.45. The van der Waals surface area contributed by atoms with Crippen molar-refractivity contribution in [3.05, 3.63) is 10.4 Å². The van der Waals surface area contributed by atoms with E-state index in [1.807, 2.05) is 6.07 Å². The fourth-order valence-electron chi connectivity index (χ4n) is 1.17. The Bertz CT molecular complexity index is 322. The van der Waals surface area contributed by atoms with Crippen LogP contribution in [0.5, 0.6) is 0 Å². The van der Waals surface area contributed by atoms with Crippen LogP contribution in [-0.4, -0.2) is 17.6 Å². The molecule has 6 nitrogen and oxygen atoms in total. The fraction of sp³-hybridized carbons (Fsp3) is 0.778. The van der Waals surface area contributed by atoms with E-state index in [9.17, 15) is 4.79 Å². The van der Waals surface area contributed by atoms with Crippen molar-refractivity contribution in [3.8, 4) is 6.07 Å². The maximum Gasteiger partial charge on any atom is 0.405 e. The third kappa shape index (κ3) is 6.93. The molecule has 16 heavy (non-hydrogen) atoms. The summed E-state index contributed by atoms with van der Waals surface area (Å²) in [6.07, 6.45) is 2.67. The average Bonchev–Trinajstić information content (AvgIpc) is 2.22. The number of halogens is 1. The average molecular weight is 245 g/mol. The Morgan fingerprint density at radius 1 is 1.62 bits per heavy atom. The quantitative estimate of drug-likeness (QED) is 0.225. The molecule has 0 bridgehead atoms.